The molecule has 1 fully saturated rings. The van der Waals surface area contributed by atoms with Gasteiger partial charge in [0.05, 0.1) is 5.41 Å². The zero-order valence-electron chi connectivity index (χ0n) is 6.21. The zero-order valence-corrected chi connectivity index (χ0v) is 7.03. The summed E-state index contributed by atoms with van der Waals surface area (Å²) in [7, 11) is 0. The van der Waals surface area contributed by atoms with E-state index >= 15 is 0 Å². The summed E-state index contributed by atoms with van der Waals surface area (Å²) in [4.78, 5) is 10.8. The van der Waals surface area contributed by atoms with Gasteiger partial charge < -0.3 is 5.11 Å². The van der Waals surface area contributed by atoms with Gasteiger partial charge in [-0.15, -0.1) is 11.3 Å². The Morgan fingerprint density at radius 3 is 2.67 bits per heavy atom. The molecule has 1 aromatic rings. The Kier molecular flexibility index (Phi) is 1.48. The first-order valence-corrected chi connectivity index (χ1v) is 4.52. The summed E-state index contributed by atoms with van der Waals surface area (Å²) in [5.74, 6) is -0.903. The predicted molar refractivity (Wildman–Crippen MR) is 42.8 cm³/mol. The third-order valence-corrected chi connectivity index (χ3v) is 2.99. The average molecular weight is 186 g/mol. The van der Waals surface area contributed by atoms with Crippen LogP contribution in [0.4, 0.5) is 4.39 Å². The number of thiophene rings is 1. The first kappa shape index (κ1) is 7.73. The second kappa shape index (κ2) is 2.29. The van der Waals surface area contributed by atoms with Crippen molar-refractivity contribution in [3.05, 3.63) is 22.1 Å². The van der Waals surface area contributed by atoms with Crippen molar-refractivity contribution in [2.24, 2.45) is 0 Å². The van der Waals surface area contributed by atoms with Crippen LogP contribution in [0.25, 0.3) is 0 Å². The maximum atomic E-state index is 13.0. The molecule has 0 bridgehead atoms. The fourth-order valence-electron chi connectivity index (χ4n) is 1.36. The van der Waals surface area contributed by atoms with Crippen molar-refractivity contribution in [3.8, 4) is 0 Å². The SMILES string of the molecule is O=C(O)C1(c2ccsc2F)CC1. The van der Waals surface area contributed by atoms with Gasteiger partial charge in [-0.2, -0.15) is 4.39 Å². The van der Waals surface area contributed by atoms with Gasteiger partial charge in [0, 0.05) is 5.56 Å². The molecule has 1 aliphatic rings. The predicted octanol–water partition coefficient (Wildman–Crippen LogP) is 2.00. The molecule has 0 spiro atoms. The van der Waals surface area contributed by atoms with Crippen LogP contribution >= 0.6 is 11.3 Å². The lowest BCUT2D eigenvalue weighted by atomic mass is 10.00. The molecule has 12 heavy (non-hydrogen) atoms. The minimum atomic E-state index is -0.903. The van der Waals surface area contributed by atoms with E-state index in [1.165, 1.54) is 0 Å². The molecule has 64 valence electrons. The molecule has 2 rings (SSSR count). The third-order valence-electron chi connectivity index (χ3n) is 2.29. The molecule has 4 heteroatoms. The summed E-state index contributed by atoms with van der Waals surface area (Å²) < 4.78 is 13.0. The number of halogens is 1. The van der Waals surface area contributed by atoms with Gasteiger partial charge in [0.15, 0.2) is 5.13 Å². The second-order valence-corrected chi connectivity index (χ2v) is 3.86. The molecule has 1 saturated carbocycles. The summed E-state index contributed by atoms with van der Waals surface area (Å²) in [6, 6.07) is 1.57. The first-order valence-electron chi connectivity index (χ1n) is 3.64. The molecule has 1 N–H and O–H groups in total. The minimum Gasteiger partial charge on any atom is -0.481 e. The van der Waals surface area contributed by atoms with Gasteiger partial charge in [0.1, 0.15) is 0 Å². The van der Waals surface area contributed by atoms with Crippen LogP contribution in [0.2, 0.25) is 0 Å². The quantitative estimate of drug-likeness (QED) is 0.767. The number of aliphatic carboxylic acids is 1. The molecule has 0 amide bonds. The summed E-state index contributed by atoms with van der Waals surface area (Å²) in [6.07, 6.45) is 1.13. The Hall–Kier alpha value is -0.900. The van der Waals surface area contributed by atoms with E-state index in [0.717, 1.165) is 11.3 Å². The maximum absolute atomic E-state index is 13.0. The highest BCUT2D eigenvalue weighted by molar-refractivity contribution is 7.08. The molecule has 0 atom stereocenters. The highest BCUT2D eigenvalue weighted by atomic mass is 32.1. The highest BCUT2D eigenvalue weighted by Crippen LogP contribution is 2.50. The van der Waals surface area contributed by atoms with Gasteiger partial charge in [-0.1, -0.05) is 0 Å². The molecule has 0 aromatic carbocycles. The van der Waals surface area contributed by atoms with E-state index in [2.05, 4.69) is 0 Å². The van der Waals surface area contributed by atoms with Crippen molar-refractivity contribution >= 4 is 17.3 Å². The third kappa shape index (κ3) is 0.876. The standard InChI is InChI=1S/C8H7FO2S/c9-6-5(1-4-12-6)8(2-3-8)7(10)11/h1,4H,2-3H2,(H,10,11). The number of carboxylic acids is 1. The van der Waals surface area contributed by atoms with Crippen LogP contribution in [-0.2, 0) is 10.2 Å². The van der Waals surface area contributed by atoms with Crippen LogP contribution in [0, 0.1) is 5.13 Å². The van der Waals surface area contributed by atoms with Crippen molar-refractivity contribution in [2.75, 3.05) is 0 Å². The van der Waals surface area contributed by atoms with E-state index in [4.69, 9.17) is 5.11 Å². The van der Waals surface area contributed by atoms with E-state index in [0.29, 0.717) is 18.4 Å². The Morgan fingerprint density at radius 1 is 1.67 bits per heavy atom. The largest absolute Gasteiger partial charge is 0.481 e. The summed E-state index contributed by atoms with van der Waals surface area (Å²) in [5, 5.41) is 10.1. The van der Waals surface area contributed by atoms with E-state index in [-0.39, 0.29) is 5.13 Å². The molecule has 1 aliphatic carbocycles. The molecule has 1 aromatic heterocycles. The van der Waals surface area contributed by atoms with Crippen molar-refractivity contribution < 1.29 is 14.3 Å². The van der Waals surface area contributed by atoms with E-state index in [1.807, 2.05) is 0 Å². The lowest BCUT2D eigenvalue weighted by Crippen LogP contribution is -2.19. The molecular formula is C8H7FO2S. The van der Waals surface area contributed by atoms with Crippen LogP contribution in [0.15, 0.2) is 11.4 Å². The lowest BCUT2D eigenvalue weighted by Gasteiger charge is -2.06. The Morgan fingerprint density at radius 2 is 2.33 bits per heavy atom. The highest BCUT2D eigenvalue weighted by Gasteiger charge is 2.53. The van der Waals surface area contributed by atoms with Crippen molar-refractivity contribution in [2.45, 2.75) is 18.3 Å². The molecule has 0 saturated heterocycles. The van der Waals surface area contributed by atoms with Crippen LogP contribution in [-0.4, -0.2) is 11.1 Å². The second-order valence-electron chi connectivity index (χ2n) is 3.00. The fourth-order valence-corrected chi connectivity index (χ4v) is 2.08. The molecule has 0 radical (unpaired) electrons. The monoisotopic (exact) mass is 186 g/mol. The molecule has 0 unspecified atom stereocenters. The summed E-state index contributed by atoms with van der Waals surface area (Å²) in [5.41, 5.74) is -0.524. The molecular weight excluding hydrogens is 179 g/mol. The van der Waals surface area contributed by atoms with Gasteiger partial charge in [-0.3, -0.25) is 4.79 Å². The minimum absolute atomic E-state index is 0.352. The topological polar surface area (TPSA) is 37.3 Å². The van der Waals surface area contributed by atoms with E-state index < -0.39 is 11.4 Å². The lowest BCUT2D eigenvalue weighted by molar-refractivity contribution is -0.140. The Balaban J connectivity index is 2.43. The van der Waals surface area contributed by atoms with E-state index in [9.17, 15) is 9.18 Å². The van der Waals surface area contributed by atoms with Crippen molar-refractivity contribution in [1.82, 2.24) is 0 Å². The van der Waals surface area contributed by atoms with Crippen LogP contribution in [0.1, 0.15) is 18.4 Å². The van der Waals surface area contributed by atoms with Crippen LogP contribution in [0.5, 0.6) is 0 Å². The van der Waals surface area contributed by atoms with Gasteiger partial charge in [0.2, 0.25) is 0 Å². The first-order chi connectivity index (χ1) is 5.67. The fraction of sp³-hybridized carbons (Fsp3) is 0.375. The smallest absolute Gasteiger partial charge is 0.314 e. The number of hydrogen-bond acceptors (Lipinski definition) is 2. The van der Waals surface area contributed by atoms with Gasteiger partial charge in [-0.05, 0) is 24.3 Å². The van der Waals surface area contributed by atoms with E-state index in [1.54, 1.807) is 11.4 Å². The average Bonchev–Trinajstić information content (AvgIpc) is 2.71. The summed E-state index contributed by atoms with van der Waals surface area (Å²) in [6.45, 7) is 0. The Bertz CT molecular complexity index is 328. The molecule has 1 heterocycles. The van der Waals surface area contributed by atoms with Crippen LogP contribution < -0.4 is 0 Å². The Labute approximate surface area is 72.6 Å². The number of hydrogen-bond donors (Lipinski definition) is 1. The molecule has 2 nitrogen and oxygen atoms in total. The normalized spacial score (nSPS) is 19.1. The van der Waals surface area contributed by atoms with Gasteiger partial charge in [0.25, 0.3) is 0 Å². The number of rotatable bonds is 2. The maximum Gasteiger partial charge on any atom is 0.314 e. The van der Waals surface area contributed by atoms with Gasteiger partial charge >= 0.3 is 5.97 Å². The molecule has 0 aliphatic heterocycles. The van der Waals surface area contributed by atoms with Crippen LogP contribution in [0.3, 0.4) is 0 Å². The summed E-state index contributed by atoms with van der Waals surface area (Å²) >= 11 is 0.959. The number of carbonyl (C=O) groups is 1. The zero-order chi connectivity index (χ0) is 8.77. The van der Waals surface area contributed by atoms with Gasteiger partial charge in [-0.25, -0.2) is 0 Å². The van der Waals surface area contributed by atoms with Crippen molar-refractivity contribution in [1.29, 1.82) is 0 Å². The number of carboxylic acid groups (broad SMARTS) is 1. The van der Waals surface area contributed by atoms with Crippen molar-refractivity contribution in [3.63, 3.8) is 0 Å².